The number of hydrogen-bond acceptors (Lipinski definition) is 2. The van der Waals surface area contributed by atoms with E-state index in [0.29, 0.717) is 11.2 Å². The second kappa shape index (κ2) is 5.37. The van der Waals surface area contributed by atoms with Gasteiger partial charge in [-0.05, 0) is 80.5 Å². The summed E-state index contributed by atoms with van der Waals surface area (Å²) in [4.78, 5) is 11.4. The third-order valence-corrected chi connectivity index (χ3v) is 7.62. The average molecular weight is 292 g/mol. The molecular weight excluding hydrogens is 260 g/mol. The minimum atomic E-state index is -0.0751. The predicted molar refractivity (Wildman–Crippen MR) is 84.9 cm³/mol. The zero-order valence-electron chi connectivity index (χ0n) is 14.0. The van der Waals surface area contributed by atoms with Crippen molar-refractivity contribution in [2.45, 2.75) is 84.7 Å². The molecule has 2 nitrogen and oxygen atoms in total. The van der Waals surface area contributed by atoms with E-state index in [9.17, 15) is 9.90 Å². The third kappa shape index (κ3) is 2.48. The lowest BCUT2D eigenvalue weighted by Crippen LogP contribution is -2.49. The van der Waals surface area contributed by atoms with Gasteiger partial charge in [-0.2, -0.15) is 0 Å². The number of aliphatic hydroxyl groups is 1. The molecule has 2 heteroatoms. The molecule has 0 aromatic carbocycles. The number of fused-ring (bicyclic) bond motifs is 3. The number of carbonyl (C=O) groups is 1. The maximum Gasteiger partial charge on any atom is 0.129 e. The number of hydrogen-bond donors (Lipinski definition) is 1. The Morgan fingerprint density at radius 1 is 1.10 bits per heavy atom. The van der Waals surface area contributed by atoms with E-state index in [1.165, 1.54) is 38.5 Å². The molecule has 0 radical (unpaired) electrons. The van der Waals surface area contributed by atoms with Gasteiger partial charge in [0.05, 0.1) is 6.10 Å². The van der Waals surface area contributed by atoms with Gasteiger partial charge >= 0.3 is 0 Å². The normalized spacial score (nSPS) is 49.5. The van der Waals surface area contributed by atoms with Crippen LogP contribution >= 0.6 is 0 Å². The van der Waals surface area contributed by atoms with Crippen molar-refractivity contribution < 1.29 is 9.90 Å². The smallest absolute Gasteiger partial charge is 0.129 e. The van der Waals surface area contributed by atoms with Crippen LogP contribution in [0.3, 0.4) is 0 Å². The van der Waals surface area contributed by atoms with Crippen molar-refractivity contribution in [1.29, 1.82) is 0 Å². The van der Waals surface area contributed by atoms with Crippen LogP contribution < -0.4 is 0 Å². The largest absolute Gasteiger partial charge is 0.393 e. The van der Waals surface area contributed by atoms with Crippen molar-refractivity contribution in [3.63, 3.8) is 0 Å². The molecule has 3 saturated carbocycles. The summed E-state index contributed by atoms with van der Waals surface area (Å²) >= 11 is 0. The van der Waals surface area contributed by atoms with Crippen LogP contribution in [0.4, 0.5) is 0 Å². The van der Waals surface area contributed by atoms with Crippen LogP contribution in [0.25, 0.3) is 0 Å². The summed E-state index contributed by atoms with van der Waals surface area (Å²) in [7, 11) is 0. The summed E-state index contributed by atoms with van der Waals surface area (Å²) in [6.07, 6.45) is 10.4. The van der Waals surface area contributed by atoms with Gasteiger partial charge in [-0.25, -0.2) is 0 Å². The average Bonchev–Trinajstić information content (AvgIpc) is 2.73. The highest BCUT2D eigenvalue weighted by Gasteiger charge is 2.57. The van der Waals surface area contributed by atoms with Gasteiger partial charge in [0.15, 0.2) is 0 Å². The molecule has 3 aliphatic carbocycles. The molecule has 0 aliphatic heterocycles. The van der Waals surface area contributed by atoms with Gasteiger partial charge in [-0.3, -0.25) is 0 Å². The quantitative estimate of drug-likeness (QED) is 0.839. The summed E-state index contributed by atoms with van der Waals surface area (Å²) in [6, 6.07) is 0. The van der Waals surface area contributed by atoms with E-state index in [-0.39, 0.29) is 11.5 Å². The molecule has 6 atom stereocenters. The number of ketones is 1. The van der Waals surface area contributed by atoms with Crippen LogP contribution in [0, 0.1) is 28.6 Å². The lowest BCUT2D eigenvalue weighted by atomic mass is 9.49. The van der Waals surface area contributed by atoms with Crippen LogP contribution in [-0.2, 0) is 4.79 Å². The van der Waals surface area contributed by atoms with Crippen LogP contribution in [0.1, 0.15) is 78.6 Å². The van der Waals surface area contributed by atoms with Gasteiger partial charge in [0.25, 0.3) is 0 Å². The van der Waals surface area contributed by atoms with Gasteiger partial charge in [-0.1, -0.05) is 20.3 Å². The molecule has 0 bridgehead atoms. The summed E-state index contributed by atoms with van der Waals surface area (Å²) in [5.41, 5.74) is 0.545. The first kappa shape index (κ1) is 15.5. The van der Waals surface area contributed by atoms with E-state index >= 15 is 0 Å². The van der Waals surface area contributed by atoms with Crippen molar-refractivity contribution in [2.24, 2.45) is 28.6 Å². The molecule has 0 amide bonds. The van der Waals surface area contributed by atoms with Crippen molar-refractivity contribution in [3.8, 4) is 0 Å². The fourth-order valence-electron chi connectivity index (χ4n) is 6.23. The lowest BCUT2D eigenvalue weighted by molar-refractivity contribution is -0.119. The third-order valence-electron chi connectivity index (χ3n) is 7.62. The number of rotatable bonds is 3. The van der Waals surface area contributed by atoms with Crippen LogP contribution in [-0.4, -0.2) is 17.0 Å². The summed E-state index contributed by atoms with van der Waals surface area (Å²) in [5, 5.41) is 10.4. The highest BCUT2D eigenvalue weighted by atomic mass is 16.3. The molecule has 0 aromatic heterocycles. The fraction of sp³-hybridized carbons (Fsp3) is 0.947. The van der Waals surface area contributed by atoms with Gasteiger partial charge < -0.3 is 9.90 Å². The minimum absolute atomic E-state index is 0.0751. The Labute approximate surface area is 129 Å². The molecule has 0 heterocycles. The maximum atomic E-state index is 11.4. The van der Waals surface area contributed by atoms with Gasteiger partial charge in [0.1, 0.15) is 5.78 Å². The number of Topliss-reactive ketones (excluding diaryl/α,β-unsaturated/α-hetero) is 1. The Hall–Kier alpha value is -0.370. The van der Waals surface area contributed by atoms with E-state index in [1.54, 1.807) is 6.92 Å². The zero-order valence-corrected chi connectivity index (χ0v) is 14.0. The first-order valence-corrected chi connectivity index (χ1v) is 9.04. The van der Waals surface area contributed by atoms with Crippen molar-refractivity contribution in [2.75, 3.05) is 0 Å². The summed E-state index contributed by atoms with van der Waals surface area (Å²) in [6.45, 7) is 6.52. The van der Waals surface area contributed by atoms with Gasteiger partial charge in [0, 0.05) is 6.42 Å². The maximum absolute atomic E-state index is 11.4. The lowest BCUT2D eigenvalue weighted by Gasteiger charge is -2.56. The molecule has 3 aliphatic rings. The monoisotopic (exact) mass is 292 g/mol. The van der Waals surface area contributed by atoms with Crippen molar-refractivity contribution in [1.82, 2.24) is 0 Å². The topological polar surface area (TPSA) is 37.3 Å². The molecule has 3 rings (SSSR count). The highest BCUT2D eigenvalue weighted by Crippen LogP contribution is 2.63. The van der Waals surface area contributed by atoms with Crippen LogP contribution in [0.2, 0.25) is 0 Å². The molecule has 0 spiro atoms. The molecule has 0 unspecified atom stereocenters. The van der Waals surface area contributed by atoms with Crippen LogP contribution in [0.15, 0.2) is 0 Å². The second-order valence-corrected chi connectivity index (χ2v) is 8.76. The Morgan fingerprint density at radius 3 is 2.57 bits per heavy atom. The number of carbonyl (C=O) groups excluding carboxylic acids is 1. The Morgan fingerprint density at radius 2 is 1.86 bits per heavy atom. The van der Waals surface area contributed by atoms with E-state index in [2.05, 4.69) is 13.8 Å². The van der Waals surface area contributed by atoms with E-state index in [0.717, 1.165) is 37.0 Å². The second-order valence-electron chi connectivity index (χ2n) is 8.76. The van der Waals surface area contributed by atoms with E-state index in [1.807, 2.05) is 0 Å². The van der Waals surface area contributed by atoms with E-state index in [4.69, 9.17) is 0 Å². The Bertz CT molecular complexity index is 418. The highest BCUT2D eigenvalue weighted by molar-refractivity contribution is 5.75. The fourth-order valence-corrected chi connectivity index (χ4v) is 6.23. The summed E-state index contributed by atoms with van der Waals surface area (Å²) < 4.78 is 0. The van der Waals surface area contributed by atoms with Crippen molar-refractivity contribution in [3.05, 3.63) is 0 Å². The number of aliphatic hydroxyl groups excluding tert-OH is 1. The standard InChI is InChI=1S/C19H32O2/c1-13(20)8-11-18(2)10-4-5-14-15(18)9-12-19(3)16(14)6-7-17(19)21/h14-17,21H,4-12H2,1-3H3/t14-,15+,16+,17-,18-,19+/m0/s1. The van der Waals surface area contributed by atoms with Crippen LogP contribution in [0.5, 0.6) is 0 Å². The molecule has 120 valence electrons. The molecule has 0 saturated heterocycles. The van der Waals surface area contributed by atoms with Crippen molar-refractivity contribution >= 4 is 5.78 Å². The van der Waals surface area contributed by atoms with E-state index < -0.39 is 0 Å². The Balaban J connectivity index is 1.80. The predicted octanol–water partition coefficient (Wildman–Crippen LogP) is 4.35. The first-order valence-electron chi connectivity index (χ1n) is 9.04. The SMILES string of the molecule is CC(=O)CC[C@]1(C)CCC[C@H]2[C@H]1CC[C@]1(C)[C@@H]2CC[C@@H]1O. The molecular formula is C19H32O2. The van der Waals surface area contributed by atoms with Gasteiger partial charge in [-0.15, -0.1) is 0 Å². The van der Waals surface area contributed by atoms with Gasteiger partial charge in [0.2, 0.25) is 0 Å². The molecule has 1 N–H and O–H groups in total. The summed E-state index contributed by atoms with van der Waals surface area (Å²) in [5.74, 6) is 2.65. The first-order chi connectivity index (χ1) is 9.87. The molecule has 0 aromatic rings. The molecule has 3 fully saturated rings. The Kier molecular flexibility index (Phi) is 3.97. The molecule has 21 heavy (non-hydrogen) atoms. The minimum Gasteiger partial charge on any atom is -0.393 e. The zero-order chi connectivity index (χ0) is 15.3.